The number of halogens is 7. The average Bonchev–Trinajstić information content (AvgIpc) is 2.78. The maximum Gasteiger partial charge on any atom is 0.426 e. The van der Waals surface area contributed by atoms with Gasteiger partial charge in [-0.05, 0) is 43.4 Å². The predicted octanol–water partition coefficient (Wildman–Crippen LogP) is 4.08. The molecule has 2 bridgehead atoms. The van der Waals surface area contributed by atoms with Gasteiger partial charge in [0.2, 0.25) is 0 Å². The first-order chi connectivity index (χ1) is 8.47. The van der Waals surface area contributed by atoms with Gasteiger partial charge < -0.3 is 5.11 Å². The van der Waals surface area contributed by atoms with Crippen molar-refractivity contribution in [3.63, 3.8) is 0 Å². The zero-order chi connectivity index (χ0) is 14.6. The van der Waals surface area contributed by atoms with E-state index in [1.54, 1.807) is 0 Å². The number of hydrogen-bond acceptors (Lipinski definition) is 1. The highest BCUT2D eigenvalue weighted by molar-refractivity contribution is 14.1. The van der Waals surface area contributed by atoms with Gasteiger partial charge in [-0.25, -0.2) is 0 Å². The predicted molar refractivity (Wildman–Crippen MR) is 63.8 cm³/mol. The lowest BCUT2D eigenvalue weighted by Crippen LogP contribution is -2.58. The third-order valence-electron chi connectivity index (χ3n) is 4.45. The molecule has 0 heterocycles. The summed E-state index contributed by atoms with van der Waals surface area (Å²) >= 11 is 1.94. The first-order valence-corrected chi connectivity index (χ1v) is 7.22. The molecule has 0 saturated heterocycles. The molecule has 0 radical (unpaired) electrons. The topological polar surface area (TPSA) is 20.2 Å². The molecule has 19 heavy (non-hydrogen) atoms. The Bertz CT molecular complexity index is 336. The molecule has 2 rings (SSSR count). The van der Waals surface area contributed by atoms with E-state index in [0.29, 0.717) is 12.8 Å². The van der Waals surface area contributed by atoms with Crippen LogP contribution in [-0.4, -0.2) is 27.0 Å². The SMILES string of the molecule is OC(CC1C2CCC(C2)C1I)(C(F)(F)F)C(F)(F)F. The van der Waals surface area contributed by atoms with E-state index < -0.39 is 30.3 Å². The lowest BCUT2D eigenvalue weighted by atomic mass is 9.79. The Labute approximate surface area is 119 Å². The van der Waals surface area contributed by atoms with Crippen molar-refractivity contribution in [3.8, 4) is 0 Å². The molecule has 2 saturated carbocycles. The standard InChI is InChI=1S/C11H13F6IO/c12-10(13,14)9(19,11(15,16)17)4-7-5-1-2-6(3-5)8(7)18/h5-8,19H,1-4H2. The Morgan fingerprint density at radius 2 is 1.42 bits per heavy atom. The van der Waals surface area contributed by atoms with Crippen LogP contribution in [0.1, 0.15) is 25.7 Å². The third kappa shape index (κ3) is 2.47. The zero-order valence-corrected chi connectivity index (χ0v) is 11.9. The first-order valence-electron chi connectivity index (χ1n) is 5.97. The summed E-state index contributed by atoms with van der Waals surface area (Å²) in [5, 5.41) is 9.24. The summed E-state index contributed by atoms with van der Waals surface area (Å²) < 4.78 is 75.7. The van der Waals surface area contributed by atoms with Crippen molar-refractivity contribution in [3.05, 3.63) is 0 Å². The van der Waals surface area contributed by atoms with E-state index in [4.69, 9.17) is 0 Å². The second kappa shape index (κ2) is 4.64. The molecule has 0 amide bonds. The summed E-state index contributed by atoms with van der Waals surface area (Å²) in [5.74, 6) is -0.642. The third-order valence-corrected chi connectivity index (χ3v) is 6.39. The molecular formula is C11H13F6IO. The van der Waals surface area contributed by atoms with Gasteiger partial charge in [0.05, 0.1) is 0 Å². The maximum absolute atomic E-state index is 12.7. The molecule has 1 nitrogen and oxygen atoms in total. The van der Waals surface area contributed by atoms with Crippen LogP contribution >= 0.6 is 22.6 Å². The van der Waals surface area contributed by atoms with E-state index in [2.05, 4.69) is 0 Å². The lowest BCUT2D eigenvalue weighted by molar-refractivity contribution is -0.373. The Morgan fingerprint density at radius 1 is 0.947 bits per heavy atom. The fourth-order valence-corrected chi connectivity index (χ4v) is 4.85. The quantitative estimate of drug-likeness (QED) is 0.420. The Kier molecular flexibility index (Phi) is 3.82. The maximum atomic E-state index is 12.7. The molecule has 4 atom stereocenters. The van der Waals surface area contributed by atoms with Crippen LogP contribution in [-0.2, 0) is 0 Å². The molecule has 0 aromatic heterocycles. The highest BCUT2D eigenvalue weighted by Gasteiger charge is 2.71. The van der Waals surface area contributed by atoms with Crippen LogP contribution in [0.4, 0.5) is 26.3 Å². The van der Waals surface area contributed by atoms with Gasteiger partial charge in [0.25, 0.3) is 5.60 Å². The van der Waals surface area contributed by atoms with Crippen molar-refractivity contribution in [1.82, 2.24) is 0 Å². The summed E-state index contributed by atoms with van der Waals surface area (Å²) in [7, 11) is 0. The summed E-state index contributed by atoms with van der Waals surface area (Å²) in [6, 6.07) is 0. The fourth-order valence-electron chi connectivity index (χ4n) is 3.35. The molecule has 2 fully saturated rings. The number of aliphatic hydroxyl groups is 1. The van der Waals surface area contributed by atoms with E-state index >= 15 is 0 Å². The zero-order valence-electron chi connectivity index (χ0n) is 9.73. The van der Waals surface area contributed by atoms with Crippen molar-refractivity contribution in [2.45, 2.75) is 47.6 Å². The minimum Gasteiger partial charge on any atom is -0.374 e. The van der Waals surface area contributed by atoms with Gasteiger partial charge in [0.15, 0.2) is 0 Å². The van der Waals surface area contributed by atoms with E-state index in [0.717, 1.165) is 6.42 Å². The molecule has 2 aliphatic carbocycles. The van der Waals surface area contributed by atoms with E-state index in [9.17, 15) is 31.4 Å². The molecule has 0 aromatic carbocycles. The van der Waals surface area contributed by atoms with Crippen LogP contribution in [0.2, 0.25) is 0 Å². The van der Waals surface area contributed by atoms with Crippen LogP contribution < -0.4 is 0 Å². The summed E-state index contributed by atoms with van der Waals surface area (Å²) in [5.41, 5.74) is -4.58. The van der Waals surface area contributed by atoms with Crippen LogP contribution in [0.25, 0.3) is 0 Å². The number of hydrogen-bond donors (Lipinski definition) is 1. The van der Waals surface area contributed by atoms with E-state index in [-0.39, 0.29) is 15.8 Å². The van der Waals surface area contributed by atoms with Crippen molar-refractivity contribution >= 4 is 22.6 Å². The van der Waals surface area contributed by atoms with Crippen LogP contribution in [0.3, 0.4) is 0 Å². The second-order valence-electron chi connectivity index (χ2n) is 5.50. The van der Waals surface area contributed by atoms with Gasteiger partial charge in [-0.1, -0.05) is 22.6 Å². The first kappa shape index (κ1) is 15.7. The van der Waals surface area contributed by atoms with E-state index in [1.165, 1.54) is 0 Å². The molecule has 4 unspecified atom stereocenters. The minimum atomic E-state index is -5.69. The molecule has 8 heteroatoms. The molecular weight excluding hydrogens is 389 g/mol. The number of rotatable bonds is 2. The Morgan fingerprint density at radius 3 is 1.79 bits per heavy atom. The fraction of sp³-hybridized carbons (Fsp3) is 1.00. The minimum absolute atomic E-state index is 0.122. The van der Waals surface area contributed by atoms with Crippen molar-refractivity contribution < 1.29 is 31.4 Å². The molecule has 112 valence electrons. The van der Waals surface area contributed by atoms with Crippen LogP contribution in [0.15, 0.2) is 0 Å². The normalized spacial score (nSPS) is 36.0. The highest BCUT2D eigenvalue weighted by Crippen LogP contribution is 2.57. The average molecular weight is 402 g/mol. The van der Waals surface area contributed by atoms with Gasteiger partial charge in [-0.3, -0.25) is 0 Å². The van der Waals surface area contributed by atoms with Crippen LogP contribution in [0.5, 0.6) is 0 Å². The van der Waals surface area contributed by atoms with Crippen molar-refractivity contribution in [1.29, 1.82) is 0 Å². The Hall–Kier alpha value is 0.270. The number of fused-ring (bicyclic) bond motifs is 2. The molecule has 0 aromatic rings. The van der Waals surface area contributed by atoms with Gasteiger partial charge in [0, 0.05) is 3.92 Å². The molecule has 1 N–H and O–H groups in total. The summed E-state index contributed by atoms with van der Waals surface area (Å²) in [4.78, 5) is 0. The van der Waals surface area contributed by atoms with Crippen LogP contribution in [0, 0.1) is 17.8 Å². The smallest absolute Gasteiger partial charge is 0.374 e. The molecule has 2 aliphatic rings. The van der Waals surface area contributed by atoms with Crippen molar-refractivity contribution in [2.75, 3.05) is 0 Å². The molecule has 0 aliphatic heterocycles. The number of alkyl halides is 7. The van der Waals surface area contributed by atoms with Crippen molar-refractivity contribution in [2.24, 2.45) is 17.8 Å². The molecule has 0 spiro atoms. The van der Waals surface area contributed by atoms with Gasteiger partial charge in [-0.15, -0.1) is 0 Å². The largest absolute Gasteiger partial charge is 0.426 e. The summed E-state index contributed by atoms with van der Waals surface area (Å²) in [6.07, 6.45) is -10.4. The lowest BCUT2D eigenvalue weighted by Gasteiger charge is -2.37. The highest BCUT2D eigenvalue weighted by atomic mass is 127. The van der Waals surface area contributed by atoms with Gasteiger partial charge >= 0.3 is 12.4 Å². The van der Waals surface area contributed by atoms with Gasteiger partial charge in [0.1, 0.15) is 0 Å². The Balaban J connectivity index is 2.23. The summed E-state index contributed by atoms with van der Waals surface area (Å²) in [6.45, 7) is 0. The monoisotopic (exact) mass is 402 g/mol. The van der Waals surface area contributed by atoms with Gasteiger partial charge in [-0.2, -0.15) is 26.3 Å². The van der Waals surface area contributed by atoms with E-state index in [1.807, 2.05) is 22.6 Å². The second-order valence-corrected chi connectivity index (χ2v) is 6.94.